The monoisotopic (exact) mass is 333 g/mol. The highest BCUT2D eigenvalue weighted by Gasteiger charge is 2.18. The van der Waals surface area contributed by atoms with E-state index >= 15 is 0 Å². The van der Waals surface area contributed by atoms with E-state index in [1.54, 1.807) is 6.07 Å². The van der Waals surface area contributed by atoms with Crippen molar-refractivity contribution in [2.24, 2.45) is 0 Å². The van der Waals surface area contributed by atoms with Crippen molar-refractivity contribution < 1.29 is 13.2 Å². The smallest absolute Gasteiger partial charge is 0.258 e. The zero-order valence-electron chi connectivity index (χ0n) is 12.7. The summed E-state index contributed by atoms with van der Waals surface area (Å²) in [7, 11) is -3.64. The van der Waals surface area contributed by atoms with E-state index in [0.717, 1.165) is 5.56 Å². The summed E-state index contributed by atoms with van der Waals surface area (Å²) in [5.74, 6) is 0.663. The maximum atomic E-state index is 12.4. The van der Waals surface area contributed by atoms with Gasteiger partial charge in [0.25, 0.3) is 10.0 Å². The van der Waals surface area contributed by atoms with Crippen LogP contribution in [0.1, 0.15) is 5.56 Å². The number of hydrogen-bond donors (Lipinski definition) is 1. The number of nitrogens with one attached hydrogen (secondary N) is 1. The van der Waals surface area contributed by atoms with Gasteiger partial charge in [0.1, 0.15) is 5.82 Å². The molecule has 1 aromatic carbocycles. The van der Waals surface area contributed by atoms with E-state index in [9.17, 15) is 8.42 Å². The predicted octanol–water partition coefficient (Wildman–Crippen LogP) is 1.40. The first-order valence-corrected chi connectivity index (χ1v) is 8.97. The van der Waals surface area contributed by atoms with Crippen molar-refractivity contribution in [1.82, 2.24) is 9.71 Å². The Balaban J connectivity index is 1.74. The van der Waals surface area contributed by atoms with Crippen LogP contribution >= 0.6 is 0 Å². The third-order valence-electron chi connectivity index (χ3n) is 3.63. The van der Waals surface area contributed by atoms with Gasteiger partial charge in [-0.2, -0.15) is 0 Å². The molecular weight excluding hydrogens is 314 g/mol. The average molecular weight is 333 g/mol. The lowest BCUT2D eigenvalue weighted by molar-refractivity contribution is 0.122. The van der Waals surface area contributed by atoms with Gasteiger partial charge in [-0.25, -0.2) is 18.1 Å². The topological polar surface area (TPSA) is 71.5 Å². The van der Waals surface area contributed by atoms with Crippen LogP contribution in [-0.2, 0) is 21.3 Å². The lowest BCUT2D eigenvalue weighted by Gasteiger charge is -2.27. The summed E-state index contributed by atoms with van der Waals surface area (Å²) in [6.07, 6.45) is 0. The summed E-state index contributed by atoms with van der Waals surface area (Å²) in [4.78, 5) is 6.33. The number of ether oxygens (including phenoxy) is 1. The van der Waals surface area contributed by atoms with E-state index in [0.29, 0.717) is 32.1 Å². The van der Waals surface area contributed by atoms with Crippen LogP contribution in [-0.4, -0.2) is 39.7 Å². The molecule has 0 spiro atoms. The van der Waals surface area contributed by atoms with Crippen molar-refractivity contribution in [2.75, 3.05) is 31.2 Å². The fraction of sp³-hybridized carbons (Fsp3) is 0.312. The summed E-state index contributed by atoms with van der Waals surface area (Å²) in [6.45, 7) is 2.93. The van der Waals surface area contributed by atoms with Crippen molar-refractivity contribution in [1.29, 1.82) is 0 Å². The lowest BCUT2D eigenvalue weighted by atomic mass is 10.2. The quantitative estimate of drug-likeness (QED) is 0.895. The third-order valence-corrected chi connectivity index (χ3v) is 4.93. The van der Waals surface area contributed by atoms with Crippen LogP contribution < -0.4 is 9.62 Å². The number of anilines is 1. The van der Waals surface area contributed by atoms with Gasteiger partial charge >= 0.3 is 0 Å². The van der Waals surface area contributed by atoms with Gasteiger partial charge in [0.15, 0.2) is 5.03 Å². The molecule has 2 aromatic rings. The number of rotatable bonds is 5. The summed E-state index contributed by atoms with van der Waals surface area (Å²) >= 11 is 0. The van der Waals surface area contributed by atoms with Crippen molar-refractivity contribution in [3.05, 3.63) is 54.1 Å². The first kappa shape index (κ1) is 15.9. The maximum Gasteiger partial charge on any atom is 0.258 e. The molecule has 7 heteroatoms. The van der Waals surface area contributed by atoms with Gasteiger partial charge in [-0.05, 0) is 17.7 Å². The molecule has 1 aliphatic heterocycles. The van der Waals surface area contributed by atoms with E-state index in [1.807, 2.05) is 41.3 Å². The van der Waals surface area contributed by atoms with Gasteiger partial charge in [0.2, 0.25) is 0 Å². The second-order valence-electron chi connectivity index (χ2n) is 5.24. The average Bonchev–Trinajstić information content (AvgIpc) is 2.62. The second-order valence-corrected chi connectivity index (χ2v) is 6.96. The molecule has 3 rings (SSSR count). The minimum absolute atomic E-state index is 0.0393. The van der Waals surface area contributed by atoms with Crippen LogP contribution in [0.2, 0.25) is 0 Å². The Morgan fingerprint density at radius 3 is 2.52 bits per heavy atom. The molecule has 0 bridgehead atoms. The fourth-order valence-corrected chi connectivity index (χ4v) is 3.35. The Bertz CT molecular complexity index is 744. The minimum Gasteiger partial charge on any atom is -0.378 e. The SMILES string of the molecule is O=S(=O)(NCc1ccccc1)c1cccc(N2CCOCC2)n1. The fourth-order valence-electron chi connectivity index (χ4n) is 2.37. The van der Waals surface area contributed by atoms with Crippen LogP contribution in [0.15, 0.2) is 53.6 Å². The Morgan fingerprint density at radius 2 is 1.78 bits per heavy atom. The summed E-state index contributed by atoms with van der Waals surface area (Å²) < 4.78 is 32.7. The molecule has 1 aliphatic rings. The van der Waals surface area contributed by atoms with Gasteiger partial charge < -0.3 is 9.64 Å². The van der Waals surface area contributed by atoms with Crippen molar-refractivity contribution in [2.45, 2.75) is 11.6 Å². The largest absolute Gasteiger partial charge is 0.378 e. The van der Waals surface area contributed by atoms with Crippen LogP contribution in [0.4, 0.5) is 5.82 Å². The first-order chi connectivity index (χ1) is 11.1. The molecule has 122 valence electrons. The number of sulfonamides is 1. The van der Waals surface area contributed by atoms with E-state index in [-0.39, 0.29) is 11.6 Å². The molecule has 1 aromatic heterocycles. The summed E-state index contributed by atoms with van der Waals surface area (Å²) in [5, 5.41) is 0.0393. The van der Waals surface area contributed by atoms with Crippen LogP contribution in [0, 0.1) is 0 Å². The third kappa shape index (κ3) is 4.07. The molecule has 0 atom stereocenters. The molecule has 0 aliphatic carbocycles. The molecule has 1 N–H and O–H groups in total. The second kappa shape index (κ2) is 7.08. The van der Waals surface area contributed by atoms with Gasteiger partial charge in [0, 0.05) is 19.6 Å². The maximum absolute atomic E-state index is 12.4. The van der Waals surface area contributed by atoms with Gasteiger partial charge in [-0.15, -0.1) is 0 Å². The number of pyridine rings is 1. The Hall–Kier alpha value is -1.96. The van der Waals surface area contributed by atoms with E-state index < -0.39 is 10.0 Å². The van der Waals surface area contributed by atoms with Crippen molar-refractivity contribution >= 4 is 15.8 Å². The lowest BCUT2D eigenvalue weighted by Crippen LogP contribution is -2.37. The molecule has 0 saturated carbocycles. The Labute approximate surface area is 136 Å². The van der Waals surface area contributed by atoms with Crippen LogP contribution in [0.3, 0.4) is 0 Å². The zero-order valence-corrected chi connectivity index (χ0v) is 13.5. The predicted molar refractivity (Wildman–Crippen MR) is 87.7 cm³/mol. The molecule has 1 fully saturated rings. The molecule has 0 radical (unpaired) electrons. The van der Waals surface area contributed by atoms with Crippen LogP contribution in [0.25, 0.3) is 0 Å². The zero-order chi connectivity index (χ0) is 16.1. The molecule has 1 saturated heterocycles. The number of nitrogens with zero attached hydrogens (tertiary/aromatic N) is 2. The highest BCUT2D eigenvalue weighted by Crippen LogP contribution is 2.16. The summed E-state index contributed by atoms with van der Waals surface area (Å²) in [6, 6.07) is 14.4. The normalized spacial score (nSPS) is 15.6. The summed E-state index contributed by atoms with van der Waals surface area (Å²) in [5.41, 5.74) is 0.903. The molecule has 2 heterocycles. The standard InChI is InChI=1S/C16H19N3O3S/c20-23(21,17-13-14-5-2-1-3-6-14)16-8-4-7-15(18-16)19-9-11-22-12-10-19/h1-8,17H,9-13H2. The molecule has 6 nitrogen and oxygen atoms in total. The highest BCUT2D eigenvalue weighted by atomic mass is 32.2. The van der Waals surface area contributed by atoms with Gasteiger partial charge in [-0.3, -0.25) is 0 Å². The van der Waals surface area contributed by atoms with Gasteiger partial charge in [0.05, 0.1) is 13.2 Å². The van der Waals surface area contributed by atoms with Crippen LogP contribution in [0.5, 0.6) is 0 Å². The number of hydrogen-bond acceptors (Lipinski definition) is 5. The molecule has 0 unspecified atom stereocenters. The number of aromatic nitrogens is 1. The van der Waals surface area contributed by atoms with Gasteiger partial charge in [-0.1, -0.05) is 36.4 Å². The van der Waals surface area contributed by atoms with E-state index in [2.05, 4.69) is 9.71 Å². The van der Waals surface area contributed by atoms with E-state index in [1.165, 1.54) is 6.07 Å². The minimum atomic E-state index is -3.64. The van der Waals surface area contributed by atoms with Crippen molar-refractivity contribution in [3.63, 3.8) is 0 Å². The number of morpholine rings is 1. The highest BCUT2D eigenvalue weighted by molar-refractivity contribution is 7.89. The molecule has 23 heavy (non-hydrogen) atoms. The Kier molecular flexibility index (Phi) is 4.90. The molecular formula is C16H19N3O3S. The molecule has 0 amide bonds. The Morgan fingerprint density at radius 1 is 1.04 bits per heavy atom. The van der Waals surface area contributed by atoms with E-state index in [4.69, 9.17) is 4.74 Å². The first-order valence-electron chi connectivity index (χ1n) is 7.48. The van der Waals surface area contributed by atoms with Crippen molar-refractivity contribution in [3.8, 4) is 0 Å². The number of benzene rings is 1.